The van der Waals surface area contributed by atoms with Gasteiger partial charge < -0.3 is 4.74 Å². The largest absolute Gasteiger partial charge is 0.377 e. The van der Waals surface area contributed by atoms with Crippen LogP contribution in [-0.4, -0.2) is 12.7 Å². The fourth-order valence-corrected chi connectivity index (χ4v) is 11.4. The third-order valence-corrected chi connectivity index (χ3v) is 14.1. The molecule has 4 fully saturated rings. The Kier molecular flexibility index (Phi) is 4.67. The van der Waals surface area contributed by atoms with Crippen molar-refractivity contribution in [2.45, 2.75) is 106 Å². The van der Waals surface area contributed by atoms with E-state index in [2.05, 4.69) is 72.4 Å². The first-order valence-corrected chi connectivity index (χ1v) is 14.5. The lowest BCUT2D eigenvalue weighted by Crippen LogP contribution is -2.64. The molecule has 0 aromatic carbocycles. The maximum atomic E-state index is 6.71. The Morgan fingerprint density at radius 2 is 1.66 bits per heavy atom. The van der Waals surface area contributed by atoms with E-state index in [4.69, 9.17) is 4.74 Å². The number of allylic oxidation sites excluding steroid dienone is 4. The van der Waals surface area contributed by atoms with Gasteiger partial charge in [-0.1, -0.05) is 72.4 Å². The Balaban J connectivity index is 1.39. The van der Waals surface area contributed by atoms with Gasteiger partial charge in [0, 0.05) is 5.41 Å². The van der Waals surface area contributed by atoms with Crippen LogP contribution in [0.1, 0.15) is 99.8 Å². The predicted octanol–water partition coefficient (Wildman–Crippen LogP) is 8.61. The van der Waals surface area contributed by atoms with Crippen molar-refractivity contribution in [2.24, 2.45) is 50.7 Å². The van der Waals surface area contributed by atoms with Gasteiger partial charge in [0.2, 0.25) is 0 Å². The Morgan fingerprint density at radius 3 is 2.41 bits per heavy atom. The average molecular weight is 455 g/mol. The molecule has 6 rings (SSSR count). The molecule has 0 radical (unpaired) electrons. The van der Waals surface area contributed by atoms with Gasteiger partial charge in [-0.25, -0.2) is 0 Å². The van der Waals surface area contributed by atoms with Gasteiger partial charge in [-0.2, -0.15) is 0 Å². The molecule has 0 N–H and O–H groups in total. The third-order valence-electron chi connectivity index (χ3n) is 12.4. The van der Waals surface area contributed by atoms with E-state index in [-0.39, 0.29) is 0 Å². The van der Waals surface area contributed by atoms with Crippen LogP contribution in [0.15, 0.2) is 22.0 Å². The zero-order valence-electron chi connectivity index (χ0n) is 21.7. The molecule has 6 aliphatic rings. The van der Waals surface area contributed by atoms with E-state index < -0.39 is 0 Å². The predicted molar refractivity (Wildman–Crippen MR) is 136 cm³/mol. The molecule has 2 heteroatoms. The van der Waals surface area contributed by atoms with E-state index in [0.29, 0.717) is 39.1 Å². The van der Waals surface area contributed by atoms with Crippen LogP contribution < -0.4 is 0 Å². The van der Waals surface area contributed by atoms with Crippen molar-refractivity contribution in [3.63, 3.8) is 0 Å². The van der Waals surface area contributed by atoms with Crippen LogP contribution in [0.25, 0.3) is 0 Å². The highest BCUT2D eigenvalue weighted by Gasteiger charge is 2.71. The molecule has 8 atom stereocenters. The van der Waals surface area contributed by atoms with Gasteiger partial charge in [-0.15, -0.1) is 0 Å². The summed E-state index contributed by atoms with van der Waals surface area (Å²) < 4.78 is 6.71. The monoisotopic (exact) mass is 454 g/mol. The lowest BCUT2D eigenvalue weighted by Gasteiger charge is -2.70. The number of rotatable bonds is 1. The first kappa shape index (κ1) is 22.3. The molecule has 1 nitrogen and oxygen atoms in total. The quantitative estimate of drug-likeness (QED) is 0.392. The summed E-state index contributed by atoms with van der Waals surface area (Å²) >= 11 is 2.14. The van der Waals surface area contributed by atoms with Crippen molar-refractivity contribution in [3.05, 3.63) is 22.0 Å². The molecule has 2 bridgehead atoms. The van der Waals surface area contributed by atoms with Gasteiger partial charge in [0.1, 0.15) is 0 Å². The van der Waals surface area contributed by atoms with Gasteiger partial charge in [0.25, 0.3) is 0 Å². The molecule has 0 spiro atoms. The summed E-state index contributed by atoms with van der Waals surface area (Å²) in [5.41, 5.74) is 2.06. The molecule has 3 saturated carbocycles. The number of thioether (sulfide) groups is 1. The number of fused-ring (bicyclic) bond motifs is 5. The van der Waals surface area contributed by atoms with Gasteiger partial charge in [0.05, 0.1) is 12.7 Å². The molecule has 0 aromatic rings. The molecule has 0 amide bonds. The van der Waals surface area contributed by atoms with Crippen LogP contribution in [0.3, 0.4) is 0 Å². The maximum absolute atomic E-state index is 6.71. The second-order valence-corrected chi connectivity index (χ2v) is 15.6. The molecule has 2 heterocycles. The summed E-state index contributed by atoms with van der Waals surface area (Å²) in [7, 11) is 0. The van der Waals surface area contributed by atoms with E-state index in [0.717, 1.165) is 24.4 Å². The van der Waals surface area contributed by atoms with Gasteiger partial charge in [-0.3, -0.25) is 0 Å². The standard InChI is InChI=1S/C30H46OS/c1-19(2)21-10-12-27(5)22-9-8-20-24-25-26(3,4)14-16-30(24,18-31-25)17-15-28(20,6)29(22,7)13-11-23(27)32-21/h10-11,19-20,22,24-25H,8-9,12-18H2,1-7H3/t20?,22?,24?,25-,27-,28-,29-,30-/m1/s1. The van der Waals surface area contributed by atoms with Crippen LogP contribution in [0.5, 0.6) is 0 Å². The Hall–Kier alpha value is -0.210. The highest BCUT2D eigenvalue weighted by atomic mass is 32.2. The van der Waals surface area contributed by atoms with Crippen molar-refractivity contribution in [2.75, 3.05) is 6.61 Å². The van der Waals surface area contributed by atoms with Gasteiger partial charge >= 0.3 is 0 Å². The summed E-state index contributed by atoms with van der Waals surface area (Å²) in [6.07, 6.45) is 16.9. The number of ether oxygens (including phenoxy) is 1. The third kappa shape index (κ3) is 2.58. The smallest absolute Gasteiger partial charge is 0.0663 e. The minimum atomic E-state index is 0.348. The van der Waals surface area contributed by atoms with Crippen LogP contribution in [0.2, 0.25) is 0 Å². The van der Waals surface area contributed by atoms with Crippen molar-refractivity contribution < 1.29 is 4.74 Å². The molecule has 0 aromatic heterocycles. The molecular weight excluding hydrogens is 408 g/mol. The van der Waals surface area contributed by atoms with Gasteiger partial charge in [-0.05, 0) is 107 Å². The van der Waals surface area contributed by atoms with E-state index in [1.807, 2.05) is 0 Å². The summed E-state index contributed by atoms with van der Waals surface area (Å²) in [5.74, 6) is 3.12. The summed E-state index contributed by atoms with van der Waals surface area (Å²) in [4.78, 5) is 3.32. The zero-order chi connectivity index (χ0) is 22.7. The van der Waals surface area contributed by atoms with E-state index in [9.17, 15) is 0 Å². The highest BCUT2D eigenvalue weighted by Crippen LogP contribution is 2.76. The van der Waals surface area contributed by atoms with Crippen molar-refractivity contribution >= 4 is 11.8 Å². The SMILES string of the molecule is CC(C)C1=CC[C@@]2(C)C(=CC[C@]3(C)C2CCC2C4[C@H]5OC[C@@]4(CCC5(C)C)CC[C@]23C)S1. The Bertz CT molecular complexity index is 883. The van der Waals surface area contributed by atoms with Crippen LogP contribution in [0, 0.1) is 50.7 Å². The molecule has 32 heavy (non-hydrogen) atoms. The molecule has 1 saturated heterocycles. The highest BCUT2D eigenvalue weighted by molar-refractivity contribution is 8.06. The fourth-order valence-electron chi connectivity index (χ4n) is 10.1. The lowest BCUT2D eigenvalue weighted by molar-refractivity contribution is -0.198. The molecular formula is C30H46OS. The summed E-state index contributed by atoms with van der Waals surface area (Å²) in [6.45, 7) is 18.9. The van der Waals surface area contributed by atoms with E-state index in [1.54, 1.807) is 9.81 Å². The fraction of sp³-hybridized carbons (Fsp3) is 0.867. The minimum absolute atomic E-state index is 0.348. The second-order valence-electron chi connectivity index (χ2n) is 14.4. The van der Waals surface area contributed by atoms with Crippen molar-refractivity contribution in [1.82, 2.24) is 0 Å². The second kappa shape index (κ2) is 6.71. The summed E-state index contributed by atoms with van der Waals surface area (Å²) in [6, 6.07) is 0. The molecule has 3 unspecified atom stereocenters. The van der Waals surface area contributed by atoms with Gasteiger partial charge in [0.15, 0.2) is 0 Å². The average Bonchev–Trinajstić information content (AvgIpc) is 3.07. The lowest BCUT2D eigenvalue weighted by atomic mass is 9.35. The zero-order valence-corrected chi connectivity index (χ0v) is 22.5. The topological polar surface area (TPSA) is 9.23 Å². The van der Waals surface area contributed by atoms with Crippen molar-refractivity contribution in [3.8, 4) is 0 Å². The minimum Gasteiger partial charge on any atom is -0.377 e. The number of hydrogen-bond acceptors (Lipinski definition) is 2. The van der Waals surface area contributed by atoms with Crippen LogP contribution in [0.4, 0.5) is 0 Å². The van der Waals surface area contributed by atoms with E-state index in [1.165, 1.54) is 51.4 Å². The Morgan fingerprint density at radius 1 is 0.906 bits per heavy atom. The summed E-state index contributed by atoms with van der Waals surface area (Å²) in [5, 5.41) is 0. The first-order chi connectivity index (χ1) is 15.0. The normalized spacial score (nSPS) is 53.5. The molecule has 2 aliphatic heterocycles. The first-order valence-electron chi connectivity index (χ1n) is 13.7. The van der Waals surface area contributed by atoms with E-state index >= 15 is 0 Å². The molecule has 178 valence electrons. The Labute approximate surface area is 201 Å². The van der Waals surface area contributed by atoms with Crippen LogP contribution >= 0.6 is 11.8 Å². The van der Waals surface area contributed by atoms with Crippen molar-refractivity contribution in [1.29, 1.82) is 0 Å². The number of hydrogen-bond donors (Lipinski definition) is 0. The molecule has 4 aliphatic carbocycles. The van der Waals surface area contributed by atoms with Crippen LogP contribution in [-0.2, 0) is 4.74 Å². The maximum Gasteiger partial charge on any atom is 0.0663 e.